The maximum absolute atomic E-state index is 12.9. The molecule has 46 heavy (non-hydrogen) atoms. The number of carbonyl (C=O) groups is 2. The van der Waals surface area contributed by atoms with E-state index in [4.69, 9.17) is 9.47 Å². The van der Waals surface area contributed by atoms with Gasteiger partial charge in [-0.1, -0.05) is 37.2 Å². The number of aryl methyl sites for hydroxylation is 2. The number of benzene rings is 3. The monoisotopic (exact) mass is 654 g/mol. The normalized spacial score (nSPS) is 14.1. The minimum atomic E-state index is -4.78. The number of nitrogens with zero attached hydrogens (tertiary/aromatic N) is 5. The van der Waals surface area contributed by atoms with E-state index in [0.29, 0.717) is 27.9 Å². The molecule has 1 aliphatic rings. The molecule has 11 nitrogen and oxygen atoms in total. The number of hydrogen-bond acceptors (Lipinski definition) is 8. The Labute approximate surface area is 266 Å². The van der Waals surface area contributed by atoms with Crippen LogP contribution in [0, 0.1) is 6.92 Å². The summed E-state index contributed by atoms with van der Waals surface area (Å²) >= 11 is 1.21. The van der Waals surface area contributed by atoms with Crippen LogP contribution >= 0.6 is 11.8 Å². The fourth-order valence-electron chi connectivity index (χ4n) is 4.61. The molecular weight excluding hydrogens is 625 g/mol. The van der Waals surface area contributed by atoms with Crippen LogP contribution < -0.4 is 24.4 Å². The van der Waals surface area contributed by atoms with Gasteiger partial charge in [-0.25, -0.2) is 9.48 Å². The number of alkyl halides is 3. The maximum Gasteiger partial charge on any atom is 0.573 e. The number of aliphatic imine (C=N–C) groups is 1. The number of hydrogen-bond donors (Lipinski definition) is 1. The average molecular weight is 655 g/mol. The first-order chi connectivity index (χ1) is 22.0. The predicted molar refractivity (Wildman–Crippen MR) is 167 cm³/mol. The topological polar surface area (TPSA) is 120 Å². The lowest BCUT2D eigenvalue weighted by atomic mass is 10.0. The van der Waals surface area contributed by atoms with E-state index in [2.05, 4.69) is 32.1 Å². The molecule has 0 radical (unpaired) electrons. The summed E-state index contributed by atoms with van der Waals surface area (Å²) in [6, 6.07) is 15.4. The summed E-state index contributed by atoms with van der Waals surface area (Å²) in [6.07, 6.45) is -1.74. The number of amidine groups is 1. The van der Waals surface area contributed by atoms with Crippen LogP contribution in [0.5, 0.6) is 17.5 Å². The maximum atomic E-state index is 12.9. The van der Waals surface area contributed by atoms with Crippen LogP contribution in [-0.2, 0) is 17.8 Å². The molecule has 0 saturated carbocycles. The molecule has 1 aliphatic heterocycles. The van der Waals surface area contributed by atoms with Crippen LogP contribution in [-0.4, -0.2) is 51.1 Å². The van der Waals surface area contributed by atoms with Gasteiger partial charge in [-0.3, -0.25) is 9.69 Å². The third-order valence-corrected chi connectivity index (χ3v) is 7.59. The highest BCUT2D eigenvalue weighted by atomic mass is 32.2. The number of rotatable bonds is 10. The molecule has 0 aliphatic carbocycles. The molecule has 1 saturated heterocycles. The van der Waals surface area contributed by atoms with Crippen molar-refractivity contribution in [2.75, 3.05) is 23.1 Å². The molecule has 0 spiro atoms. The van der Waals surface area contributed by atoms with E-state index >= 15 is 0 Å². The molecule has 0 atom stereocenters. The van der Waals surface area contributed by atoms with Crippen molar-refractivity contribution in [3.8, 4) is 23.2 Å². The molecule has 3 amide bonds. The van der Waals surface area contributed by atoms with Crippen molar-refractivity contribution in [2.24, 2.45) is 4.99 Å². The molecule has 3 aromatic carbocycles. The minimum Gasteiger partial charge on any atom is -0.496 e. The van der Waals surface area contributed by atoms with Crippen LogP contribution in [0.3, 0.4) is 0 Å². The second kappa shape index (κ2) is 13.9. The second-order valence-corrected chi connectivity index (χ2v) is 11.0. The van der Waals surface area contributed by atoms with E-state index in [1.54, 1.807) is 18.2 Å². The summed E-state index contributed by atoms with van der Waals surface area (Å²) in [4.78, 5) is 35.5. The van der Waals surface area contributed by atoms with Gasteiger partial charge in [-0.15, -0.1) is 18.3 Å². The molecule has 0 bridgehead atoms. The van der Waals surface area contributed by atoms with Gasteiger partial charge < -0.3 is 19.5 Å². The smallest absolute Gasteiger partial charge is 0.496 e. The van der Waals surface area contributed by atoms with Crippen molar-refractivity contribution < 1.29 is 37.0 Å². The van der Waals surface area contributed by atoms with Gasteiger partial charge in [0.15, 0.2) is 5.17 Å². The summed E-state index contributed by atoms with van der Waals surface area (Å²) in [5, 5.41) is 7.22. The molecule has 1 N–H and O–H groups in total. The van der Waals surface area contributed by atoms with Gasteiger partial charge in [0.2, 0.25) is 5.91 Å². The molecule has 2 heterocycles. The van der Waals surface area contributed by atoms with Crippen molar-refractivity contribution in [3.05, 3.63) is 83.7 Å². The van der Waals surface area contributed by atoms with Crippen LogP contribution in [0.4, 0.5) is 29.3 Å². The third kappa shape index (κ3) is 7.96. The zero-order valence-corrected chi connectivity index (χ0v) is 25.8. The highest BCUT2D eigenvalue weighted by Gasteiger charge is 2.32. The van der Waals surface area contributed by atoms with Gasteiger partial charge in [-0.2, -0.15) is 9.98 Å². The lowest BCUT2D eigenvalue weighted by Gasteiger charge is -2.20. The van der Waals surface area contributed by atoms with E-state index < -0.39 is 12.4 Å². The van der Waals surface area contributed by atoms with E-state index in [9.17, 15) is 22.8 Å². The number of methoxy groups -OCH3 is 1. The predicted octanol–water partition coefficient (Wildman–Crippen LogP) is 6.68. The number of nitrogens with one attached hydrogen (secondary N) is 1. The van der Waals surface area contributed by atoms with Crippen molar-refractivity contribution in [2.45, 2.75) is 39.7 Å². The first kappa shape index (κ1) is 32.3. The first-order valence-electron chi connectivity index (χ1n) is 14.1. The van der Waals surface area contributed by atoms with Crippen LogP contribution in [0.15, 0.2) is 72.0 Å². The van der Waals surface area contributed by atoms with E-state index in [-0.39, 0.29) is 30.0 Å². The fraction of sp³-hybridized carbons (Fsp3) is 0.258. The number of thioether (sulfide) groups is 1. The molecule has 15 heteroatoms. The van der Waals surface area contributed by atoms with E-state index in [1.165, 1.54) is 46.9 Å². The second-order valence-electron chi connectivity index (χ2n) is 10.1. The Balaban J connectivity index is 1.23. The third-order valence-electron chi connectivity index (χ3n) is 6.66. The SMILES string of the molecule is CCCc1ccc(C)cc1N1C(=O)CS/C1=N\C(=O)Nc1ccc(COc2ncn(-c3ccc(OC(F)(F)F)cc3)n2)c(OC)c1. The van der Waals surface area contributed by atoms with Crippen LogP contribution in [0.25, 0.3) is 5.69 Å². The Kier molecular flexibility index (Phi) is 9.80. The molecule has 0 unspecified atom stereocenters. The number of ether oxygens (including phenoxy) is 3. The van der Waals surface area contributed by atoms with Gasteiger partial charge in [0, 0.05) is 17.3 Å². The average Bonchev–Trinajstić information content (AvgIpc) is 3.63. The van der Waals surface area contributed by atoms with Crippen LogP contribution in [0.1, 0.15) is 30.0 Å². The Morgan fingerprint density at radius 3 is 2.57 bits per heavy atom. The van der Waals surface area contributed by atoms with Crippen molar-refractivity contribution in [3.63, 3.8) is 0 Å². The largest absolute Gasteiger partial charge is 0.573 e. The molecule has 1 aromatic heterocycles. The highest BCUT2D eigenvalue weighted by Crippen LogP contribution is 2.32. The molecule has 5 rings (SSSR count). The van der Waals surface area contributed by atoms with E-state index in [0.717, 1.165) is 41.8 Å². The Morgan fingerprint density at radius 1 is 1.09 bits per heavy atom. The van der Waals surface area contributed by atoms with Crippen molar-refractivity contribution >= 4 is 40.2 Å². The highest BCUT2D eigenvalue weighted by molar-refractivity contribution is 8.15. The zero-order valence-electron chi connectivity index (χ0n) is 25.0. The standard InChI is InChI=1S/C31H29F3N6O5S/c1-4-5-20-7-6-19(2)14-25(20)40-27(41)17-46-30(40)37-28(42)36-22-9-8-21(26(15-22)43-3)16-44-29-35-18-39(38-29)23-10-12-24(13-11-23)45-31(32,33)34/h6-15,18H,4-5,16-17H2,1-3H3,(H,36,42)/b37-30-. The number of urea groups is 1. The summed E-state index contributed by atoms with van der Waals surface area (Å²) in [5.74, 6) is 0.106. The zero-order chi connectivity index (χ0) is 32.8. The van der Waals surface area contributed by atoms with E-state index in [1.807, 2.05) is 25.1 Å². The summed E-state index contributed by atoms with van der Waals surface area (Å²) in [5.41, 5.74) is 4.23. The number of aromatic nitrogens is 3. The molecule has 240 valence electrons. The van der Waals surface area contributed by atoms with Gasteiger partial charge in [-0.05, 0) is 66.9 Å². The number of anilines is 2. The van der Waals surface area contributed by atoms with Gasteiger partial charge in [0.1, 0.15) is 24.4 Å². The molecular formula is C31H29F3N6O5S. The molecule has 4 aromatic rings. The Bertz CT molecular complexity index is 1760. The quantitative estimate of drug-likeness (QED) is 0.201. The Morgan fingerprint density at radius 2 is 1.85 bits per heavy atom. The molecule has 1 fully saturated rings. The summed E-state index contributed by atoms with van der Waals surface area (Å²) in [6.45, 7) is 4.03. The first-order valence-corrected chi connectivity index (χ1v) is 15.0. The summed E-state index contributed by atoms with van der Waals surface area (Å²) in [7, 11) is 1.47. The Hall–Kier alpha value is -5.05. The van der Waals surface area contributed by atoms with Crippen LogP contribution in [0.2, 0.25) is 0 Å². The van der Waals surface area contributed by atoms with Gasteiger partial charge >= 0.3 is 18.4 Å². The van der Waals surface area contributed by atoms with Crippen molar-refractivity contribution in [1.82, 2.24) is 14.8 Å². The fourth-order valence-corrected chi connectivity index (χ4v) is 5.46. The minimum absolute atomic E-state index is 0.0202. The number of amides is 3. The number of carbonyl (C=O) groups excluding carboxylic acids is 2. The van der Waals surface area contributed by atoms with Gasteiger partial charge in [0.25, 0.3) is 0 Å². The van der Waals surface area contributed by atoms with Gasteiger partial charge in [0.05, 0.1) is 24.2 Å². The van der Waals surface area contributed by atoms with Crippen molar-refractivity contribution in [1.29, 1.82) is 0 Å². The lowest BCUT2D eigenvalue weighted by molar-refractivity contribution is -0.274. The summed E-state index contributed by atoms with van der Waals surface area (Å²) < 4.78 is 53.6. The lowest BCUT2D eigenvalue weighted by Crippen LogP contribution is -2.31. The number of halogens is 3.